The van der Waals surface area contributed by atoms with Gasteiger partial charge in [0, 0.05) is 6.42 Å². The van der Waals surface area contributed by atoms with Crippen LogP contribution in [0.15, 0.2) is 23.3 Å². The maximum absolute atomic E-state index is 10.7. The lowest BCUT2D eigenvalue weighted by molar-refractivity contribution is -0.108. The number of aldehydes is 1. The molecule has 1 nitrogen and oxygen atoms in total. The van der Waals surface area contributed by atoms with Crippen molar-refractivity contribution in [2.24, 2.45) is 23.2 Å². The van der Waals surface area contributed by atoms with Crippen molar-refractivity contribution in [1.29, 1.82) is 0 Å². The van der Waals surface area contributed by atoms with Gasteiger partial charge in [-0.15, -0.1) is 0 Å². The second-order valence-electron chi connectivity index (χ2n) is 7.92. The number of hydrogen-bond acceptors (Lipinski definition) is 1. The first-order chi connectivity index (χ1) is 9.89. The maximum Gasteiger partial charge on any atom is 0.120 e. The van der Waals surface area contributed by atoms with E-state index in [2.05, 4.69) is 34.3 Å². The van der Waals surface area contributed by atoms with Crippen LogP contribution in [0, 0.1) is 23.2 Å². The minimum Gasteiger partial charge on any atom is -0.303 e. The monoisotopic (exact) mass is 288 g/mol. The minimum absolute atomic E-state index is 0.451. The molecule has 0 spiro atoms. The smallest absolute Gasteiger partial charge is 0.120 e. The van der Waals surface area contributed by atoms with Crippen molar-refractivity contribution >= 4 is 6.29 Å². The van der Waals surface area contributed by atoms with E-state index in [4.69, 9.17) is 0 Å². The van der Waals surface area contributed by atoms with Gasteiger partial charge in [0.2, 0.25) is 0 Å². The van der Waals surface area contributed by atoms with Gasteiger partial charge >= 0.3 is 0 Å². The van der Waals surface area contributed by atoms with Crippen LogP contribution >= 0.6 is 0 Å². The highest BCUT2D eigenvalue weighted by Gasteiger charge is 2.46. The Bertz CT molecular complexity index is 445. The zero-order valence-corrected chi connectivity index (χ0v) is 14.4. The first-order valence-corrected chi connectivity index (χ1v) is 8.66. The quantitative estimate of drug-likeness (QED) is 0.467. The van der Waals surface area contributed by atoms with Gasteiger partial charge in [0.25, 0.3) is 0 Å². The van der Waals surface area contributed by atoms with E-state index >= 15 is 0 Å². The average Bonchev–Trinajstić information content (AvgIpc) is 2.70. The summed E-state index contributed by atoms with van der Waals surface area (Å²) in [5, 5.41) is 0. The summed E-state index contributed by atoms with van der Waals surface area (Å²) < 4.78 is 0. The number of allylic oxidation sites excluding steroid dienone is 3. The summed E-state index contributed by atoms with van der Waals surface area (Å²) >= 11 is 0. The third kappa shape index (κ3) is 3.33. The predicted octanol–water partition coefficient (Wildman–Crippen LogP) is 5.71. The van der Waals surface area contributed by atoms with E-state index in [0.717, 1.165) is 24.5 Å². The Morgan fingerprint density at radius 1 is 1.48 bits per heavy atom. The van der Waals surface area contributed by atoms with Crippen LogP contribution in [0.2, 0.25) is 0 Å². The van der Waals surface area contributed by atoms with Crippen molar-refractivity contribution in [3.05, 3.63) is 23.3 Å². The number of hydrogen-bond donors (Lipinski definition) is 0. The van der Waals surface area contributed by atoms with Crippen LogP contribution < -0.4 is 0 Å². The molecule has 0 aliphatic heterocycles. The molecule has 0 saturated heterocycles. The van der Waals surface area contributed by atoms with Crippen molar-refractivity contribution in [2.45, 2.75) is 72.6 Å². The molecule has 0 bridgehead atoms. The summed E-state index contributed by atoms with van der Waals surface area (Å²) in [7, 11) is 0. The fourth-order valence-corrected chi connectivity index (χ4v) is 4.92. The first-order valence-electron chi connectivity index (χ1n) is 8.66. The van der Waals surface area contributed by atoms with Gasteiger partial charge in [-0.05, 0) is 75.5 Å². The van der Waals surface area contributed by atoms with Crippen LogP contribution in [-0.4, -0.2) is 6.29 Å². The van der Waals surface area contributed by atoms with E-state index in [1.54, 1.807) is 11.1 Å². The molecule has 1 heteroatoms. The van der Waals surface area contributed by atoms with Gasteiger partial charge in [-0.2, -0.15) is 0 Å². The van der Waals surface area contributed by atoms with E-state index in [1.807, 2.05) is 0 Å². The molecule has 1 saturated carbocycles. The Labute approximate surface area is 130 Å². The summed E-state index contributed by atoms with van der Waals surface area (Å²) in [6.45, 7) is 13.6. The standard InChI is InChI=1S/C20H32O/c1-14(2)17-10-11-20(5)13-18(15(3)7-6-12-21)16(4)8-9-19(17)20/h12,15,17,19H,1,6-11,13H2,2-5H3. The molecular formula is C20H32O. The van der Waals surface area contributed by atoms with E-state index in [0.29, 0.717) is 17.8 Å². The average molecular weight is 288 g/mol. The van der Waals surface area contributed by atoms with Gasteiger partial charge in [-0.25, -0.2) is 0 Å². The molecule has 0 aromatic carbocycles. The molecule has 1 fully saturated rings. The van der Waals surface area contributed by atoms with E-state index in [-0.39, 0.29) is 0 Å². The Hall–Kier alpha value is -0.850. The van der Waals surface area contributed by atoms with Crippen molar-refractivity contribution in [2.75, 3.05) is 0 Å². The molecule has 4 unspecified atom stereocenters. The summed E-state index contributed by atoms with van der Waals surface area (Å²) in [4.78, 5) is 10.7. The third-order valence-corrected chi connectivity index (χ3v) is 6.33. The van der Waals surface area contributed by atoms with Crippen molar-refractivity contribution in [3.8, 4) is 0 Å². The number of carbonyl (C=O) groups is 1. The topological polar surface area (TPSA) is 17.1 Å². The van der Waals surface area contributed by atoms with Crippen molar-refractivity contribution in [3.63, 3.8) is 0 Å². The molecule has 2 aliphatic rings. The van der Waals surface area contributed by atoms with E-state index < -0.39 is 0 Å². The second-order valence-corrected chi connectivity index (χ2v) is 7.92. The van der Waals surface area contributed by atoms with E-state index in [9.17, 15) is 4.79 Å². The highest BCUT2D eigenvalue weighted by Crippen LogP contribution is 2.57. The number of fused-ring (bicyclic) bond motifs is 1. The molecule has 2 aliphatic carbocycles. The lowest BCUT2D eigenvalue weighted by atomic mass is 9.70. The van der Waals surface area contributed by atoms with Crippen LogP contribution in [0.1, 0.15) is 72.6 Å². The SMILES string of the molecule is C=C(C)C1CCC2(C)CC(C(C)CCC=O)=C(C)CCC12. The Morgan fingerprint density at radius 3 is 2.81 bits per heavy atom. The molecule has 2 rings (SSSR count). The highest BCUT2D eigenvalue weighted by atomic mass is 16.1. The van der Waals surface area contributed by atoms with Crippen LogP contribution in [-0.2, 0) is 4.79 Å². The van der Waals surface area contributed by atoms with Gasteiger partial charge in [0.15, 0.2) is 0 Å². The highest BCUT2D eigenvalue weighted by molar-refractivity contribution is 5.49. The second kappa shape index (κ2) is 6.50. The van der Waals surface area contributed by atoms with Crippen molar-refractivity contribution in [1.82, 2.24) is 0 Å². The molecule has 4 atom stereocenters. The van der Waals surface area contributed by atoms with Gasteiger partial charge in [-0.1, -0.05) is 37.1 Å². The molecule has 21 heavy (non-hydrogen) atoms. The molecule has 0 heterocycles. The summed E-state index contributed by atoms with van der Waals surface area (Å²) in [5.41, 5.74) is 5.10. The zero-order valence-electron chi connectivity index (χ0n) is 14.4. The van der Waals surface area contributed by atoms with Crippen LogP contribution in [0.25, 0.3) is 0 Å². The Kier molecular flexibility index (Phi) is 5.11. The van der Waals surface area contributed by atoms with Gasteiger partial charge in [0.05, 0.1) is 0 Å². The number of carbonyl (C=O) groups excluding carboxylic acids is 1. The zero-order chi connectivity index (χ0) is 15.6. The lowest BCUT2D eigenvalue weighted by Gasteiger charge is -2.34. The Balaban J connectivity index is 2.20. The van der Waals surface area contributed by atoms with Crippen LogP contribution in [0.5, 0.6) is 0 Å². The maximum atomic E-state index is 10.7. The number of rotatable bonds is 5. The normalized spacial score (nSPS) is 34.3. The Morgan fingerprint density at radius 2 is 2.19 bits per heavy atom. The summed E-state index contributed by atoms with van der Waals surface area (Å²) in [6.07, 6.45) is 9.26. The molecular weight excluding hydrogens is 256 g/mol. The predicted molar refractivity (Wildman–Crippen MR) is 90.1 cm³/mol. The largest absolute Gasteiger partial charge is 0.303 e. The summed E-state index contributed by atoms with van der Waals surface area (Å²) in [5.74, 6) is 2.10. The fourth-order valence-electron chi connectivity index (χ4n) is 4.92. The molecule has 0 aromatic rings. The van der Waals surface area contributed by atoms with Gasteiger partial charge in [-0.3, -0.25) is 0 Å². The minimum atomic E-state index is 0.451. The van der Waals surface area contributed by atoms with Gasteiger partial charge in [0.1, 0.15) is 6.29 Å². The molecule has 118 valence electrons. The van der Waals surface area contributed by atoms with Gasteiger partial charge < -0.3 is 4.79 Å². The molecule has 0 N–H and O–H groups in total. The third-order valence-electron chi connectivity index (χ3n) is 6.33. The fraction of sp³-hybridized carbons (Fsp3) is 0.750. The molecule has 0 aromatic heterocycles. The summed E-state index contributed by atoms with van der Waals surface area (Å²) in [6, 6.07) is 0. The lowest BCUT2D eigenvalue weighted by Crippen LogP contribution is -2.26. The molecule has 0 amide bonds. The van der Waals surface area contributed by atoms with Crippen LogP contribution in [0.4, 0.5) is 0 Å². The molecule has 0 radical (unpaired) electrons. The van der Waals surface area contributed by atoms with Crippen molar-refractivity contribution < 1.29 is 4.79 Å². The van der Waals surface area contributed by atoms with Crippen LogP contribution in [0.3, 0.4) is 0 Å². The van der Waals surface area contributed by atoms with E-state index in [1.165, 1.54) is 37.7 Å². The first kappa shape index (κ1) is 16.5.